The largest absolute Gasteiger partial charge is 0.339 e. The van der Waals surface area contributed by atoms with Crippen LogP contribution in [0.4, 0.5) is 5.69 Å². The second-order valence-corrected chi connectivity index (χ2v) is 5.60. The van der Waals surface area contributed by atoms with E-state index in [0.717, 1.165) is 0 Å². The zero-order chi connectivity index (χ0) is 14.5. The third kappa shape index (κ3) is 3.45. The van der Waals surface area contributed by atoms with Gasteiger partial charge in [0.1, 0.15) is 6.04 Å². The van der Waals surface area contributed by atoms with E-state index in [1.807, 2.05) is 19.2 Å². The summed E-state index contributed by atoms with van der Waals surface area (Å²) in [7, 11) is 0. The van der Waals surface area contributed by atoms with Gasteiger partial charge in [-0.1, -0.05) is 19.9 Å². The van der Waals surface area contributed by atoms with Crippen molar-refractivity contribution in [2.45, 2.75) is 19.9 Å². The number of anilines is 1. The molecule has 106 valence electrons. The number of hydrogen-bond acceptors (Lipinski definition) is 4. The Bertz CT molecular complexity index is 563. The number of amides is 2. The number of carbonyl (C=O) groups is 2. The molecule has 2 heterocycles. The summed E-state index contributed by atoms with van der Waals surface area (Å²) in [4.78, 5) is 24.8. The number of hydrogen-bond donors (Lipinski definition) is 3. The van der Waals surface area contributed by atoms with Crippen molar-refractivity contribution in [2.75, 3.05) is 5.32 Å². The van der Waals surface area contributed by atoms with Gasteiger partial charge in [0.15, 0.2) is 0 Å². The molecule has 20 heavy (non-hydrogen) atoms. The third-order valence-electron chi connectivity index (χ3n) is 2.75. The minimum atomic E-state index is -0.598. The summed E-state index contributed by atoms with van der Waals surface area (Å²) < 4.78 is 0. The molecule has 0 spiro atoms. The number of aromatic amines is 1. The molecule has 3 N–H and O–H groups in total. The Morgan fingerprint density at radius 1 is 1.40 bits per heavy atom. The number of thiophene rings is 1. The van der Waals surface area contributed by atoms with Crippen molar-refractivity contribution in [3.05, 3.63) is 34.8 Å². The van der Waals surface area contributed by atoms with Crippen molar-refractivity contribution in [1.82, 2.24) is 15.5 Å². The Morgan fingerprint density at radius 3 is 2.75 bits per heavy atom. The van der Waals surface area contributed by atoms with Crippen LogP contribution in [0.1, 0.15) is 23.5 Å². The number of aromatic nitrogens is 2. The highest BCUT2D eigenvalue weighted by Gasteiger charge is 2.25. The molecule has 1 atom stereocenters. The Labute approximate surface area is 120 Å². The fourth-order valence-corrected chi connectivity index (χ4v) is 2.32. The zero-order valence-electron chi connectivity index (χ0n) is 11.2. The molecule has 0 aliphatic carbocycles. The summed E-state index contributed by atoms with van der Waals surface area (Å²) >= 11 is 1.34. The molecule has 0 aliphatic rings. The summed E-state index contributed by atoms with van der Waals surface area (Å²) in [6.45, 7) is 3.77. The van der Waals surface area contributed by atoms with Gasteiger partial charge in [0.2, 0.25) is 5.91 Å². The fourth-order valence-electron chi connectivity index (χ4n) is 1.69. The maximum atomic E-state index is 12.2. The standard InChI is InChI=1S/C13H16N4O2S/c1-8(2)11(13(19)16-9-6-14-15-7-9)17-12(18)10-4-3-5-20-10/h3-8,11H,1-2H3,(H,14,15)(H,16,19)(H,17,18). The van der Waals surface area contributed by atoms with Gasteiger partial charge in [-0.05, 0) is 17.4 Å². The molecular formula is C13H16N4O2S. The highest BCUT2D eigenvalue weighted by atomic mass is 32.1. The van der Waals surface area contributed by atoms with Gasteiger partial charge in [0.25, 0.3) is 5.91 Å². The minimum absolute atomic E-state index is 0.0224. The molecule has 2 rings (SSSR count). The van der Waals surface area contributed by atoms with E-state index in [1.165, 1.54) is 17.5 Å². The molecule has 0 saturated carbocycles. The lowest BCUT2D eigenvalue weighted by atomic mass is 10.0. The normalized spacial score (nSPS) is 12.2. The molecule has 2 aromatic rings. The molecular weight excluding hydrogens is 276 g/mol. The smallest absolute Gasteiger partial charge is 0.262 e. The van der Waals surface area contributed by atoms with Crippen molar-refractivity contribution < 1.29 is 9.59 Å². The Hall–Kier alpha value is -2.15. The lowest BCUT2D eigenvalue weighted by Gasteiger charge is -2.20. The first-order valence-corrected chi connectivity index (χ1v) is 7.10. The molecule has 0 bridgehead atoms. The molecule has 6 nitrogen and oxygen atoms in total. The van der Waals surface area contributed by atoms with Crippen molar-refractivity contribution in [2.24, 2.45) is 5.92 Å². The van der Waals surface area contributed by atoms with Crippen molar-refractivity contribution in [3.63, 3.8) is 0 Å². The number of nitrogens with one attached hydrogen (secondary N) is 3. The van der Waals surface area contributed by atoms with Crippen LogP contribution in [0.3, 0.4) is 0 Å². The van der Waals surface area contributed by atoms with Gasteiger partial charge in [0.05, 0.1) is 16.8 Å². The van der Waals surface area contributed by atoms with E-state index in [-0.39, 0.29) is 17.7 Å². The monoisotopic (exact) mass is 292 g/mol. The summed E-state index contributed by atoms with van der Waals surface area (Å²) in [5.74, 6) is -0.516. The predicted molar refractivity (Wildman–Crippen MR) is 77.6 cm³/mol. The molecule has 1 unspecified atom stereocenters. The average Bonchev–Trinajstić information content (AvgIpc) is 3.07. The van der Waals surface area contributed by atoms with E-state index in [1.54, 1.807) is 18.3 Å². The van der Waals surface area contributed by atoms with Crippen LogP contribution >= 0.6 is 11.3 Å². The number of H-pyrrole nitrogens is 1. The molecule has 0 fully saturated rings. The highest BCUT2D eigenvalue weighted by Crippen LogP contribution is 2.11. The molecule has 0 saturated heterocycles. The van der Waals surface area contributed by atoms with Crippen molar-refractivity contribution in [1.29, 1.82) is 0 Å². The fraction of sp³-hybridized carbons (Fsp3) is 0.308. The van der Waals surface area contributed by atoms with Gasteiger partial charge < -0.3 is 10.6 Å². The summed E-state index contributed by atoms with van der Waals surface area (Å²) in [5, 5.41) is 13.7. The highest BCUT2D eigenvalue weighted by molar-refractivity contribution is 7.12. The van der Waals surface area contributed by atoms with Crippen molar-refractivity contribution >= 4 is 28.8 Å². The summed E-state index contributed by atoms with van der Waals surface area (Å²) in [6.07, 6.45) is 3.09. The zero-order valence-corrected chi connectivity index (χ0v) is 12.0. The predicted octanol–water partition coefficient (Wildman–Crippen LogP) is 1.86. The second kappa shape index (κ2) is 6.33. The van der Waals surface area contributed by atoms with Gasteiger partial charge in [-0.2, -0.15) is 5.10 Å². The van der Waals surface area contributed by atoms with E-state index in [4.69, 9.17) is 0 Å². The maximum Gasteiger partial charge on any atom is 0.262 e. The topological polar surface area (TPSA) is 86.9 Å². The van der Waals surface area contributed by atoms with Crippen molar-refractivity contribution in [3.8, 4) is 0 Å². The van der Waals surface area contributed by atoms with E-state index in [0.29, 0.717) is 10.6 Å². The molecule has 7 heteroatoms. The van der Waals surface area contributed by atoms with Gasteiger partial charge in [-0.25, -0.2) is 0 Å². The van der Waals surface area contributed by atoms with E-state index in [2.05, 4.69) is 20.8 Å². The summed E-state index contributed by atoms with van der Waals surface area (Å²) in [5.41, 5.74) is 0.575. The Morgan fingerprint density at radius 2 is 2.20 bits per heavy atom. The third-order valence-corrected chi connectivity index (χ3v) is 3.62. The van der Waals surface area contributed by atoms with Gasteiger partial charge in [-0.15, -0.1) is 11.3 Å². The van der Waals surface area contributed by atoms with Gasteiger partial charge in [0, 0.05) is 6.20 Å². The number of rotatable bonds is 5. The first-order chi connectivity index (χ1) is 9.58. The van der Waals surface area contributed by atoms with Gasteiger partial charge in [-0.3, -0.25) is 14.7 Å². The first kappa shape index (κ1) is 14.3. The first-order valence-electron chi connectivity index (χ1n) is 6.22. The van der Waals surface area contributed by atoms with E-state index < -0.39 is 6.04 Å². The lowest BCUT2D eigenvalue weighted by Crippen LogP contribution is -2.46. The molecule has 0 aromatic carbocycles. The molecule has 2 amide bonds. The van der Waals surface area contributed by atoms with Crippen LogP contribution in [0, 0.1) is 5.92 Å². The Kier molecular flexibility index (Phi) is 4.52. The van der Waals surface area contributed by atoms with Crippen LogP contribution in [0.15, 0.2) is 29.9 Å². The number of nitrogens with zero attached hydrogens (tertiary/aromatic N) is 1. The maximum absolute atomic E-state index is 12.2. The van der Waals surface area contributed by atoms with Crippen LogP contribution in [-0.2, 0) is 4.79 Å². The van der Waals surface area contributed by atoms with Crippen LogP contribution in [-0.4, -0.2) is 28.1 Å². The minimum Gasteiger partial charge on any atom is -0.339 e. The summed E-state index contributed by atoms with van der Waals surface area (Å²) in [6, 6.07) is 2.93. The Balaban J connectivity index is 2.03. The molecule has 0 aliphatic heterocycles. The molecule has 2 aromatic heterocycles. The molecule has 0 radical (unpaired) electrons. The SMILES string of the molecule is CC(C)C(NC(=O)c1cccs1)C(=O)Nc1cn[nH]c1. The second-order valence-electron chi connectivity index (χ2n) is 4.65. The van der Waals surface area contributed by atoms with Crippen LogP contribution in [0.25, 0.3) is 0 Å². The van der Waals surface area contributed by atoms with Gasteiger partial charge >= 0.3 is 0 Å². The van der Waals surface area contributed by atoms with Crippen LogP contribution < -0.4 is 10.6 Å². The average molecular weight is 292 g/mol. The van der Waals surface area contributed by atoms with Crippen LogP contribution in [0.2, 0.25) is 0 Å². The number of carbonyl (C=O) groups excluding carboxylic acids is 2. The van der Waals surface area contributed by atoms with E-state index >= 15 is 0 Å². The van der Waals surface area contributed by atoms with E-state index in [9.17, 15) is 9.59 Å². The van der Waals surface area contributed by atoms with Crippen LogP contribution in [0.5, 0.6) is 0 Å². The lowest BCUT2D eigenvalue weighted by molar-refractivity contribution is -0.118. The quantitative estimate of drug-likeness (QED) is 0.786.